The fraction of sp³-hybridized carbons (Fsp3) is 0.400. The molecule has 72 valence electrons. The van der Waals surface area contributed by atoms with Crippen molar-refractivity contribution in [2.45, 2.75) is 25.8 Å². The Labute approximate surface area is 82.7 Å². The smallest absolute Gasteiger partial charge is 0.123 e. The van der Waals surface area contributed by atoms with Gasteiger partial charge in [0.15, 0.2) is 0 Å². The lowest BCUT2D eigenvalue weighted by Crippen LogP contribution is -2.15. The van der Waals surface area contributed by atoms with Crippen molar-refractivity contribution >= 4 is 11.6 Å². The van der Waals surface area contributed by atoms with Crippen LogP contribution in [0, 0.1) is 5.82 Å². The Hall–Kier alpha value is -0.600. The highest BCUT2D eigenvalue weighted by molar-refractivity contribution is 6.31. The lowest BCUT2D eigenvalue weighted by Gasteiger charge is -2.06. The predicted molar refractivity (Wildman–Crippen MR) is 53.4 cm³/mol. The van der Waals surface area contributed by atoms with Crippen molar-refractivity contribution in [3.05, 3.63) is 34.6 Å². The Bertz CT molecular complexity index is 286. The van der Waals surface area contributed by atoms with Crippen LogP contribution in [0.3, 0.4) is 0 Å². The molecule has 1 atom stereocenters. The van der Waals surface area contributed by atoms with Gasteiger partial charge in [0.05, 0.1) is 0 Å². The summed E-state index contributed by atoms with van der Waals surface area (Å²) in [6.07, 6.45) is 1.55. The van der Waals surface area contributed by atoms with Gasteiger partial charge in [0.1, 0.15) is 5.82 Å². The normalized spacial score (nSPS) is 12.9. The van der Waals surface area contributed by atoms with E-state index in [9.17, 15) is 4.39 Å². The van der Waals surface area contributed by atoms with Crippen molar-refractivity contribution in [3.63, 3.8) is 0 Å². The SMILES string of the molecule is C[C@@H](N)CCc1cc(F)ccc1Cl. The summed E-state index contributed by atoms with van der Waals surface area (Å²) in [6, 6.07) is 4.52. The lowest BCUT2D eigenvalue weighted by atomic mass is 10.1. The number of hydrogen-bond donors (Lipinski definition) is 1. The molecular weight excluding hydrogens is 189 g/mol. The van der Waals surface area contributed by atoms with E-state index in [-0.39, 0.29) is 11.9 Å². The predicted octanol–water partition coefficient (Wildman–Crippen LogP) is 2.76. The summed E-state index contributed by atoms with van der Waals surface area (Å²) in [5.41, 5.74) is 6.42. The van der Waals surface area contributed by atoms with E-state index in [0.29, 0.717) is 5.02 Å². The van der Waals surface area contributed by atoms with E-state index in [1.54, 1.807) is 6.07 Å². The van der Waals surface area contributed by atoms with Gasteiger partial charge in [0.2, 0.25) is 0 Å². The minimum atomic E-state index is -0.246. The molecule has 1 rings (SSSR count). The molecule has 13 heavy (non-hydrogen) atoms. The Morgan fingerprint density at radius 1 is 1.54 bits per heavy atom. The van der Waals surface area contributed by atoms with Gasteiger partial charge in [0.25, 0.3) is 0 Å². The van der Waals surface area contributed by atoms with Crippen molar-refractivity contribution in [1.29, 1.82) is 0 Å². The van der Waals surface area contributed by atoms with Crippen LogP contribution in [0.2, 0.25) is 5.02 Å². The van der Waals surface area contributed by atoms with Gasteiger partial charge in [-0.2, -0.15) is 0 Å². The van der Waals surface area contributed by atoms with Crippen molar-refractivity contribution in [1.82, 2.24) is 0 Å². The highest BCUT2D eigenvalue weighted by atomic mass is 35.5. The molecule has 0 bridgehead atoms. The number of halogens is 2. The zero-order chi connectivity index (χ0) is 9.84. The van der Waals surface area contributed by atoms with Crippen LogP contribution >= 0.6 is 11.6 Å². The molecule has 1 aromatic rings. The molecule has 0 spiro atoms. The zero-order valence-corrected chi connectivity index (χ0v) is 8.31. The summed E-state index contributed by atoms with van der Waals surface area (Å²) in [6.45, 7) is 1.92. The molecule has 0 fully saturated rings. The van der Waals surface area contributed by atoms with Crippen LogP contribution in [0.1, 0.15) is 18.9 Å². The number of aryl methyl sites for hydroxylation is 1. The van der Waals surface area contributed by atoms with Crippen LogP contribution in [0.5, 0.6) is 0 Å². The third kappa shape index (κ3) is 3.33. The van der Waals surface area contributed by atoms with Gasteiger partial charge in [-0.25, -0.2) is 4.39 Å². The molecule has 0 aliphatic rings. The largest absolute Gasteiger partial charge is 0.328 e. The van der Waals surface area contributed by atoms with Crippen LogP contribution in [-0.2, 0) is 6.42 Å². The second kappa shape index (κ2) is 4.58. The minimum Gasteiger partial charge on any atom is -0.328 e. The number of benzene rings is 1. The first-order valence-corrected chi connectivity index (χ1v) is 4.67. The summed E-state index contributed by atoms with van der Waals surface area (Å²) in [4.78, 5) is 0. The molecule has 0 aromatic heterocycles. The Kier molecular flexibility index (Phi) is 3.70. The van der Waals surface area contributed by atoms with Crippen molar-refractivity contribution in [2.75, 3.05) is 0 Å². The summed E-state index contributed by atoms with van der Waals surface area (Å²) < 4.78 is 12.8. The van der Waals surface area contributed by atoms with Crippen LogP contribution < -0.4 is 5.73 Å². The fourth-order valence-corrected chi connectivity index (χ4v) is 1.33. The first-order valence-electron chi connectivity index (χ1n) is 4.29. The van der Waals surface area contributed by atoms with Gasteiger partial charge in [-0.1, -0.05) is 11.6 Å². The van der Waals surface area contributed by atoms with Crippen molar-refractivity contribution in [2.24, 2.45) is 5.73 Å². The molecule has 1 nitrogen and oxygen atoms in total. The van der Waals surface area contributed by atoms with Gasteiger partial charge in [-0.15, -0.1) is 0 Å². The van der Waals surface area contributed by atoms with Crippen molar-refractivity contribution < 1.29 is 4.39 Å². The van der Waals surface area contributed by atoms with Crippen LogP contribution in [-0.4, -0.2) is 6.04 Å². The maximum Gasteiger partial charge on any atom is 0.123 e. The second-order valence-corrected chi connectivity index (χ2v) is 3.66. The Morgan fingerprint density at radius 3 is 2.85 bits per heavy atom. The van der Waals surface area contributed by atoms with Gasteiger partial charge in [0, 0.05) is 11.1 Å². The highest BCUT2D eigenvalue weighted by Gasteiger charge is 2.03. The first kappa shape index (κ1) is 10.5. The molecule has 1 aromatic carbocycles. The van der Waals surface area contributed by atoms with Gasteiger partial charge >= 0.3 is 0 Å². The van der Waals surface area contributed by atoms with E-state index in [0.717, 1.165) is 18.4 Å². The second-order valence-electron chi connectivity index (χ2n) is 3.25. The molecule has 0 amide bonds. The third-order valence-corrected chi connectivity index (χ3v) is 2.25. The van der Waals surface area contributed by atoms with E-state index in [2.05, 4.69) is 0 Å². The minimum absolute atomic E-state index is 0.124. The highest BCUT2D eigenvalue weighted by Crippen LogP contribution is 2.18. The molecule has 0 aliphatic carbocycles. The molecule has 0 heterocycles. The number of rotatable bonds is 3. The lowest BCUT2D eigenvalue weighted by molar-refractivity contribution is 0.620. The average molecular weight is 202 g/mol. The van der Waals surface area contributed by atoms with E-state index in [4.69, 9.17) is 17.3 Å². The average Bonchev–Trinajstić information content (AvgIpc) is 2.06. The van der Waals surface area contributed by atoms with E-state index >= 15 is 0 Å². The zero-order valence-electron chi connectivity index (χ0n) is 7.56. The molecule has 0 aliphatic heterocycles. The molecular formula is C10H13ClFN. The summed E-state index contributed by atoms with van der Waals surface area (Å²) in [7, 11) is 0. The topological polar surface area (TPSA) is 26.0 Å². The Balaban J connectivity index is 2.70. The first-order chi connectivity index (χ1) is 6.09. The van der Waals surface area contributed by atoms with Gasteiger partial charge in [-0.05, 0) is 43.5 Å². The van der Waals surface area contributed by atoms with E-state index in [1.165, 1.54) is 12.1 Å². The summed E-state index contributed by atoms with van der Waals surface area (Å²) >= 11 is 5.87. The molecule has 3 heteroatoms. The monoisotopic (exact) mass is 201 g/mol. The van der Waals surface area contributed by atoms with Gasteiger partial charge < -0.3 is 5.73 Å². The van der Waals surface area contributed by atoms with Crippen LogP contribution in [0.25, 0.3) is 0 Å². The van der Waals surface area contributed by atoms with E-state index < -0.39 is 0 Å². The quantitative estimate of drug-likeness (QED) is 0.800. The molecule has 0 saturated heterocycles. The fourth-order valence-electron chi connectivity index (χ4n) is 1.12. The van der Waals surface area contributed by atoms with Crippen LogP contribution in [0.4, 0.5) is 4.39 Å². The number of hydrogen-bond acceptors (Lipinski definition) is 1. The third-order valence-electron chi connectivity index (χ3n) is 1.88. The number of nitrogens with two attached hydrogens (primary N) is 1. The van der Waals surface area contributed by atoms with Crippen LogP contribution in [0.15, 0.2) is 18.2 Å². The molecule has 0 unspecified atom stereocenters. The molecule has 0 radical (unpaired) electrons. The summed E-state index contributed by atoms with van der Waals surface area (Å²) in [5, 5.41) is 0.613. The maximum atomic E-state index is 12.8. The summed E-state index contributed by atoms with van der Waals surface area (Å²) in [5.74, 6) is -0.246. The molecule has 0 saturated carbocycles. The van der Waals surface area contributed by atoms with Gasteiger partial charge in [-0.3, -0.25) is 0 Å². The molecule has 2 N–H and O–H groups in total. The maximum absolute atomic E-state index is 12.8. The van der Waals surface area contributed by atoms with E-state index in [1.807, 2.05) is 6.92 Å². The standard InChI is InChI=1S/C10H13ClFN/c1-7(13)2-3-8-6-9(12)4-5-10(8)11/h4-7H,2-3,13H2,1H3/t7-/m1/s1. The van der Waals surface area contributed by atoms with Crippen molar-refractivity contribution in [3.8, 4) is 0 Å². The Morgan fingerprint density at radius 2 is 2.23 bits per heavy atom.